The van der Waals surface area contributed by atoms with Gasteiger partial charge in [0.05, 0.1) is 12.6 Å². The monoisotopic (exact) mass is 280 g/mol. The lowest BCUT2D eigenvalue weighted by molar-refractivity contribution is 0.415. The molecule has 0 unspecified atom stereocenters. The Morgan fingerprint density at radius 3 is 2.62 bits per heavy atom. The first kappa shape index (κ1) is 11.3. The van der Waals surface area contributed by atoms with Gasteiger partial charge < -0.3 is 4.74 Å². The van der Waals surface area contributed by atoms with Gasteiger partial charge in [0.2, 0.25) is 0 Å². The topological polar surface area (TPSA) is 35.0 Å². The van der Waals surface area contributed by atoms with Gasteiger partial charge >= 0.3 is 0 Å². The minimum Gasteiger partial charge on any atom is -0.497 e. The first-order valence-electron chi connectivity index (χ1n) is 5.13. The summed E-state index contributed by atoms with van der Waals surface area (Å²) in [7, 11) is 1.65. The molecule has 0 N–H and O–H groups in total. The molecule has 0 radical (unpaired) electrons. The fraction of sp³-hybridized carbons (Fsp3) is 0.333. The lowest BCUT2D eigenvalue weighted by atomic mass is 10.2. The molecule has 2 aromatic rings. The van der Waals surface area contributed by atoms with Crippen LogP contribution in [0, 0.1) is 0 Å². The Hall–Kier alpha value is -1.16. The van der Waals surface area contributed by atoms with Gasteiger partial charge in [-0.3, -0.25) is 0 Å². The molecule has 0 aliphatic carbocycles. The van der Waals surface area contributed by atoms with Crippen LogP contribution in [-0.2, 0) is 0 Å². The van der Waals surface area contributed by atoms with Crippen molar-refractivity contribution in [1.82, 2.24) is 9.97 Å². The number of ether oxygens (including phenoxy) is 1. The van der Waals surface area contributed by atoms with Crippen molar-refractivity contribution < 1.29 is 4.74 Å². The number of aromatic nitrogens is 2. The third-order valence-electron chi connectivity index (χ3n) is 2.39. The summed E-state index contributed by atoms with van der Waals surface area (Å²) in [6.45, 7) is 4.15. The Morgan fingerprint density at radius 1 is 1.25 bits per heavy atom. The van der Waals surface area contributed by atoms with Gasteiger partial charge in [0, 0.05) is 17.4 Å². The molecular formula is C12H13BrN2O. The molecular weight excluding hydrogens is 268 g/mol. The molecule has 0 atom stereocenters. The molecule has 3 nitrogen and oxygen atoms in total. The maximum Gasteiger partial charge on any atom is 0.132 e. The maximum absolute atomic E-state index is 5.19. The minimum atomic E-state index is 0.312. The van der Waals surface area contributed by atoms with Crippen LogP contribution in [0.25, 0.3) is 10.9 Å². The summed E-state index contributed by atoms with van der Waals surface area (Å²) in [5, 5.41) is 1.00. The van der Waals surface area contributed by atoms with E-state index in [4.69, 9.17) is 4.74 Å². The van der Waals surface area contributed by atoms with Crippen LogP contribution in [0.5, 0.6) is 5.75 Å². The smallest absolute Gasteiger partial charge is 0.132 e. The zero-order valence-electron chi connectivity index (χ0n) is 9.49. The Morgan fingerprint density at radius 2 is 2.00 bits per heavy atom. The molecule has 84 valence electrons. The zero-order valence-corrected chi connectivity index (χ0v) is 11.1. The van der Waals surface area contributed by atoms with E-state index in [0.29, 0.717) is 5.92 Å². The van der Waals surface area contributed by atoms with Crippen LogP contribution >= 0.6 is 15.9 Å². The molecule has 2 rings (SSSR count). The molecule has 0 aliphatic rings. The van der Waals surface area contributed by atoms with Crippen molar-refractivity contribution in [3.05, 3.63) is 28.6 Å². The Kier molecular flexibility index (Phi) is 3.10. The summed E-state index contributed by atoms with van der Waals surface area (Å²) in [4.78, 5) is 8.94. The number of fused-ring (bicyclic) bond motifs is 1. The molecule has 0 fully saturated rings. The van der Waals surface area contributed by atoms with Crippen molar-refractivity contribution in [3.63, 3.8) is 0 Å². The fourth-order valence-electron chi connectivity index (χ4n) is 1.47. The highest BCUT2D eigenvalue weighted by Crippen LogP contribution is 2.26. The van der Waals surface area contributed by atoms with Crippen LogP contribution < -0.4 is 4.74 Å². The summed E-state index contributed by atoms with van der Waals surface area (Å²) in [5.41, 5.74) is 0.907. The zero-order chi connectivity index (χ0) is 11.7. The first-order valence-corrected chi connectivity index (χ1v) is 5.92. The van der Waals surface area contributed by atoms with Crippen molar-refractivity contribution in [2.45, 2.75) is 19.8 Å². The van der Waals surface area contributed by atoms with Crippen LogP contribution in [0.2, 0.25) is 0 Å². The summed E-state index contributed by atoms with van der Waals surface area (Å²) in [5.74, 6) is 1.97. The quantitative estimate of drug-likeness (QED) is 0.790. The largest absolute Gasteiger partial charge is 0.497 e. The highest BCUT2D eigenvalue weighted by molar-refractivity contribution is 9.10. The Bertz CT molecular complexity index is 526. The van der Waals surface area contributed by atoms with Gasteiger partial charge in [-0.1, -0.05) is 13.8 Å². The standard InChI is InChI=1S/C12H13BrN2O/c1-7(2)12-14-10-6-8(16-3)4-5-9(10)11(13)15-12/h4-7H,1-3H3. The van der Waals surface area contributed by atoms with Crippen molar-refractivity contribution in [3.8, 4) is 5.75 Å². The van der Waals surface area contributed by atoms with E-state index in [0.717, 1.165) is 27.1 Å². The highest BCUT2D eigenvalue weighted by Gasteiger charge is 2.09. The predicted molar refractivity (Wildman–Crippen MR) is 67.9 cm³/mol. The van der Waals surface area contributed by atoms with Crippen LogP contribution in [0.1, 0.15) is 25.6 Å². The van der Waals surface area contributed by atoms with Gasteiger partial charge in [-0.2, -0.15) is 0 Å². The Balaban J connectivity index is 2.68. The van der Waals surface area contributed by atoms with E-state index < -0.39 is 0 Å². The molecule has 0 saturated carbocycles. The van der Waals surface area contributed by atoms with Crippen molar-refractivity contribution in [2.24, 2.45) is 0 Å². The molecule has 1 heterocycles. The van der Waals surface area contributed by atoms with Crippen LogP contribution in [0.15, 0.2) is 22.8 Å². The number of nitrogens with zero attached hydrogens (tertiary/aromatic N) is 2. The SMILES string of the molecule is COc1ccc2c(Br)nc(C(C)C)nc2c1. The van der Waals surface area contributed by atoms with Crippen molar-refractivity contribution in [1.29, 1.82) is 0 Å². The van der Waals surface area contributed by atoms with Gasteiger partial charge in [0.1, 0.15) is 16.2 Å². The molecule has 0 saturated heterocycles. The second-order valence-corrected chi connectivity index (χ2v) is 4.66. The van der Waals surface area contributed by atoms with Crippen LogP contribution in [0.4, 0.5) is 0 Å². The number of hydrogen-bond donors (Lipinski definition) is 0. The summed E-state index contributed by atoms with van der Waals surface area (Å²) in [6, 6.07) is 5.79. The average Bonchev–Trinajstić information content (AvgIpc) is 2.28. The minimum absolute atomic E-state index is 0.312. The van der Waals surface area contributed by atoms with Gasteiger partial charge in [0.15, 0.2) is 0 Å². The van der Waals surface area contributed by atoms with Gasteiger partial charge in [-0.05, 0) is 28.1 Å². The van der Waals surface area contributed by atoms with Gasteiger partial charge in [-0.25, -0.2) is 9.97 Å². The Labute approximate surface area is 103 Å². The molecule has 0 aliphatic heterocycles. The third-order valence-corrected chi connectivity index (χ3v) is 3.00. The van der Waals surface area contributed by atoms with E-state index in [1.165, 1.54) is 0 Å². The molecule has 4 heteroatoms. The van der Waals surface area contributed by atoms with Crippen molar-refractivity contribution >= 4 is 26.8 Å². The number of halogens is 1. The van der Waals surface area contributed by atoms with E-state index in [1.807, 2.05) is 18.2 Å². The second-order valence-electron chi connectivity index (χ2n) is 3.91. The van der Waals surface area contributed by atoms with E-state index in [2.05, 4.69) is 39.7 Å². The number of benzene rings is 1. The molecule has 1 aromatic carbocycles. The lowest BCUT2D eigenvalue weighted by Gasteiger charge is -2.08. The normalized spacial score (nSPS) is 11.1. The van der Waals surface area contributed by atoms with Crippen LogP contribution in [-0.4, -0.2) is 17.1 Å². The molecule has 0 spiro atoms. The third kappa shape index (κ3) is 2.02. The average molecular weight is 281 g/mol. The molecule has 16 heavy (non-hydrogen) atoms. The molecule has 0 bridgehead atoms. The summed E-state index contributed by atoms with van der Waals surface area (Å²) >= 11 is 3.47. The predicted octanol–water partition coefficient (Wildman–Crippen LogP) is 3.52. The highest BCUT2D eigenvalue weighted by atomic mass is 79.9. The number of methoxy groups -OCH3 is 1. The van der Waals surface area contributed by atoms with Gasteiger partial charge in [-0.15, -0.1) is 0 Å². The van der Waals surface area contributed by atoms with Crippen LogP contribution in [0.3, 0.4) is 0 Å². The van der Waals surface area contributed by atoms with E-state index in [-0.39, 0.29) is 0 Å². The maximum atomic E-state index is 5.19. The molecule has 1 aromatic heterocycles. The fourth-order valence-corrected chi connectivity index (χ4v) is 1.99. The number of rotatable bonds is 2. The summed E-state index contributed by atoms with van der Waals surface area (Å²) < 4.78 is 6.02. The van der Waals surface area contributed by atoms with E-state index >= 15 is 0 Å². The summed E-state index contributed by atoms with van der Waals surface area (Å²) in [6.07, 6.45) is 0. The second kappa shape index (κ2) is 4.37. The van der Waals surface area contributed by atoms with E-state index in [1.54, 1.807) is 7.11 Å². The molecule has 0 amide bonds. The lowest BCUT2D eigenvalue weighted by Crippen LogP contribution is -1.98. The van der Waals surface area contributed by atoms with E-state index in [9.17, 15) is 0 Å². The number of hydrogen-bond acceptors (Lipinski definition) is 3. The van der Waals surface area contributed by atoms with Gasteiger partial charge in [0.25, 0.3) is 0 Å². The van der Waals surface area contributed by atoms with Crippen molar-refractivity contribution in [2.75, 3.05) is 7.11 Å². The first-order chi connectivity index (χ1) is 7.61.